The summed E-state index contributed by atoms with van der Waals surface area (Å²) in [6.45, 7) is 1.96. The summed E-state index contributed by atoms with van der Waals surface area (Å²) >= 11 is 3.35. The minimum Gasteiger partial charge on any atom is -0.396 e. The number of hydrogen-bond acceptors (Lipinski definition) is 3. The maximum Gasteiger partial charge on any atom is 0.0542 e. The zero-order valence-corrected chi connectivity index (χ0v) is 10.1. The predicted octanol–water partition coefficient (Wildman–Crippen LogP) is 1.71. The van der Waals surface area contributed by atoms with Gasteiger partial charge < -0.3 is 10.4 Å². The van der Waals surface area contributed by atoms with Crippen molar-refractivity contribution in [3.05, 3.63) is 28.5 Å². The Morgan fingerprint density at radius 2 is 2.27 bits per heavy atom. The fourth-order valence-corrected chi connectivity index (χ4v) is 1.77. The van der Waals surface area contributed by atoms with Gasteiger partial charge in [-0.2, -0.15) is 0 Å². The maximum atomic E-state index is 9.13. The van der Waals surface area contributed by atoms with Gasteiger partial charge in [0.2, 0.25) is 0 Å². The molecule has 0 aliphatic heterocycles. The first-order valence-corrected chi connectivity index (χ1v) is 5.95. The third-order valence-electron chi connectivity index (χ3n) is 2.89. The number of halogens is 1. The lowest BCUT2D eigenvalue weighted by Crippen LogP contribution is -2.26. The molecule has 0 aromatic carbocycles. The minimum atomic E-state index is 0.176. The summed E-state index contributed by atoms with van der Waals surface area (Å²) in [5.41, 5.74) is 1.21. The molecule has 1 fully saturated rings. The van der Waals surface area contributed by atoms with Crippen LogP contribution in [-0.4, -0.2) is 23.2 Å². The van der Waals surface area contributed by atoms with Gasteiger partial charge >= 0.3 is 0 Å². The fraction of sp³-hybridized carbons (Fsp3) is 0.545. The van der Waals surface area contributed by atoms with E-state index in [0.29, 0.717) is 6.61 Å². The van der Waals surface area contributed by atoms with E-state index < -0.39 is 0 Å². The average molecular weight is 271 g/mol. The highest BCUT2D eigenvalue weighted by Crippen LogP contribution is 2.44. The average Bonchev–Trinajstić information content (AvgIpc) is 3.02. The molecule has 0 amide bonds. The summed E-state index contributed by atoms with van der Waals surface area (Å²) in [6.07, 6.45) is 4.09. The van der Waals surface area contributed by atoms with Crippen LogP contribution in [0.3, 0.4) is 0 Å². The predicted molar refractivity (Wildman–Crippen MR) is 62.4 cm³/mol. The topological polar surface area (TPSA) is 45.1 Å². The molecule has 1 heterocycles. The van der Waals surface area contributed by atoms with Crippen LogP contribution >= 0.6 is 15.9 Å². The molecule has 3 nitrogen and oxygen atoms in total. The Morgan fingerprint density at radius 3 is 2.80 bits per heavy atom. The Bertz CT molecular complexity index is 322. The lowest BCUT2D eigenvalue weighted by Gasteiger charge is -2.12. The first-order chi connectivity index (χ1) is 7.24. The molecule has 0 saturated heterocycles. The van der Waals surface area contributed by atoms with Crippen molar-refractivity contribution in [2.75, 3.05) is 13.2 Å². The van der Waals surface area contributed by atoms with Gasteiger partial charge in [0, 0.05) is 35.8 Å². The molecule has 1 aliphatic carbocycles. The van der Waals surface area contributed by atoms with Gasteiger partial charge in [-0.25, -0.2) is 0 Å². The molecule has 0 spiro atoms. The molecule has 15 heavy (non-hydrogen) atoms. The molecule has 0 bridgehead atoms. The van der Waals surface area contributed by atoms with Crippen LogP contribution in [0.5, 0.6) is 0 Å². The first-order valence-electron chi connectivity index (χ1n) is 5.16. The number of aliphatic hydroxyl groups excluding tert-OH is 1. The maximum absolute atomic E-state index is 9.13. The van der Waals surface area contributed by atoms with Crippen LogP contribution in [0, 0.1) is 5.41 Å². The van der Waals surface area contributed by atoms with Gasteiger partial charge in [-0.3, -0.25) is 4.98 Å². The summed E-state index contributed by atoms with van der Waals surface area (Å²) in [4.78, 5) is 4.27. The molecular formula is C11H15BrN2O. The van der Waals surface area contributed by atoms with Crippen molar-refractivity contribution < 1.29 is 5.11 Å². The Hall–Kier alpha value is -0.450. The third kappa shape index (κ3) is 3.00. The minimum absolute atomic E-state index is 0.176. The molecule has 4 heteroatoms. The zero-order valence-electron chi connectivity index (χ0n) is 8.54. The molecule has 1 aromatic rings. The van der Waals surface area contributed by atoms with Gasteiger partial charge in [-0.05, 0) is 40.9 Å². The van der Waals surface area contributed by atoms with Crippen LogP contribution in [0.4, 0.5) is 0 Å². The third-order valence-corrected chi connectivity index (χ3v) is 3.36. The number of nitrogens with zero attached hydrogens (tertiary/aromatic N) is 1. The van der Waals surface area contributed by atoms with Crippen LogP contribution in [-0.2, 0) is 6.54 Å². The largest absolute Gasteiger partial charge is 0.396 e. The number of hydrogen-bond donors (Lipinski definition) is 2. The van der Waals surface area contributed by atoms with Gasteiger partial charge in [-0.1, -0.05) is 0 Å². The van der Waals surface area contributed by atoms with E-state index in [1.165, 1.54) is 0 Å². The Labute approximate surface area is 98.0 Å². The molecule has 82 valence electrons. The van der Waals surface area contributed by atoms with Crippen molar-refractivity contribution in [1.29, 1.82) is 0 Å². The smallest absolute Gasteiger partial charge is 0.0542 e. The van der Waals surface area contributed by atoms with Crippen molar-refractivity contribution >= 4 is 15.9 Å². The lowest BCUT2D eigenvalue weighted by atomic mass is 10.1. The quantitative estimate of drug-likeness (QED) is 0.857. The van der Waals surface area contributed by atoms with E-state index in [-0.39, 0.29) is 5.41 Å². The van der Waals surface area contributed by atoms with Crippen LogP contribution in [0.1, 0.15) is 18.5 Å². The molecular weight excluding hydrogens is 256 g/mol. The van der Waals surface area contributed by atoms with E-state index in [0.717, 1.165) is 36.1 Å². The molecule has 0 atom stereocenters. The van der Waals surface area contributed by atoms with Gasteiger partial charge in [-0.15, -0.1) is 0 Å². The van der Waals surface area contributed by atoms with Crippen molar-refractivity contribution in [3.63, 3.8) is 0 Å². The second-order valence-electron chi connectivity index (χ2n) is 4.23. The van der Waals surface area contributed by atoms with Gasteiger partial charge in [0.15, 0.2) is 0 Å². The number of aliphatic hydroxyl groups is 1. The van der Waals surface area contributed by atoms with Gasteiger partial charge in [0.25, 0.3) is 0 Å². The van der Waals surface area contributed by atoms with Gasteiger partial charge in [0.1, 0.15) is 0 Å². The van der Waals surface area contributed by atoms with E-state index in [9.17, 15) is 0 Å². The zero-order chi connectivity index (χ0) is 10.7. The van der Waals surface area contributed by atoms with Crippen molar-refractivity contribution in [3.8, 4) is 0 Å². The molecule has 1 aromatic heterocycles. The fourth-order valence-electron chi connectivity index (χ4n) is 1.53. The molecule has 2 rings (SSSR count). The SMILES string of the molecule is OCC1(CNCc2ccc(Br)cn2)CC1. The number of aromatic nitrogens is 1. The van der Waals surface area contributed by atoms with Crippen molar-refractivity contribution in [1.82, 2.24) is 10.3 Å². The lowest BCUT2D eigenvalue weighted by molar-refractivity contribution is 0.207. The standard InChI is InChI=1S/C11H15BrN2O/c12-9-1-2-10(14-5-9)6-13-7-11(8-15)3-4-11/h1-2,5,13,15H,3-4,6-8H2. The molecule has 1 saturated carbocycles. The summed E-state index contributed by atoms with van der Waals surface area (Å²) < 4.78 is 1.00. The summed E-state index contributed by atoms with van der Waals surface area (Å²) in [5.74, 6) is 0. The van der Waals surface area contributed by atoms with Crippen LogP contribution in [0.25, 0.3) is 0 Å². The number of rotatable bonds is 5. The van der Waals surface area contributed by atoms with E-state index >= 15 is 0 Å². The van der Waals surface area contributed by atoms with Crippen LogP contribution < -0.4 is 5.32 Å². The second-order valence-corrected chi connectivity index (χ2v) is 5.15. The highest BCUT2D eigenvalue weighted by molar-refractivity contribution is 9.10. The summed E-state index contributed by atoms with van der Waals surface area (Å²) in [5, 5.41) is 12.5. The van der Waals surface area contributed by atoms with Crippen molar-refractivity contribution in [2.24, 2.45) is 5.41 Å². The molecule has 0 radical (unpaired) electrons. The van der Waals surface area contributed by atoms with Crippen LogP contribution in [0.2, 0.25) is 0 Å². The monoisotopic (exact) mass is 270 g/mol. The molecule has 1 aliphatic rings. The Balaban J connectivity index is 1.76. The Kier molecular flexibility index (Phi) is 3.38. The first kappa shape index (κ1) is 11.0. The van der Waals surface area contributed by atoms with Crippen LogP contribution in [0.15, 0.2) is 22.8 Å². The second kappa shape index (κ2) is 4.60. The summed E-state index contributed by atoms with van der Waals surface area (Å²) in [7, 11) is 0. The highest BCUT2D eigenvalue weighted by Gasteiger charge is 2.41. The highest BCUT2D eigenvalue weighted by atomic mass is 79.9. The van der Waals surface area contributed by atoms with Crippen molar-refractivity contribution in [2.45, 2.75) is 19.4 Å². The normalized spacial score (nSPS) is 17.7. The van der Waals surface area contributed by atoms with Gasteiger partial charge in [0.05, 0.1) is 5.69 Å². The van der Waals surface area contributed by atoms with E-state index in [2.05, 4.69) is 26.2 Å². The molecule has 0 unspecified atom stereocenters. The Morgan fingerprint density at radius 1 is 1.47 bits per heavy atom. The number of nitrogens with one attached hydrogen (secondary N) is 1. The number of pyridine rings is 1. The van der Waals surface area contributed by atoms with E-state index in [1.807, 2.05) is 12.1 Å². The van der Waals surface area contributed by atoms with E-state index in [4.69, 9.17) is 5.11 Å². The van der Waals surface area contributed by atoms with E-state index in [1.54, 1.807) is 6.20 Å². The summed E-state index contributed by atoms with van der Waals surface area (Å²) in [6, 6.07) is 3.98. The molecule has 2 N–H and O–H groups in total.